The van der Waals surface area contributed by atoms with Crippen LogP contribution in [0.1, 0.15) is 24.8 Å². The summed E-state index contributed by atoms with van der Waals surface area (Å²) in [6.07, 6.45) is -0.0461. The van der Waals surface area contributed by atoms with Crippen molar-refractivity contribution >= 4 is 33.5 Å². The van der Waals surface area contributed by atoms with Gasteiger partial charge in [0.25, 0.3) is 5.69 Å². The summed E-state index contributed by atoms with van der Waals surface area (Å²) in [6.45, 7) is 1.85. The molecule has 1 aromatic rings. The van der Waals surface area contributed by atoms with Crippen LogP contribution in [-0.4, -0.2) is 28.7 Å². The minimum atomic E-state index is -0.711. The highest BCUT2D eigenvalue weighted by Crippen LogP contribution is 2.38. The molecule has 0 aliphatic carbocycles. The Kier molecular flexibility index (Phi) is 5.49. The number of nitrogens with one attached hydrogen (secondary N) is 1. The first-order chi connectivity index (χ1) is 11.0. The Morgan fingerprint density at radius 1 is 1.48 bits per heavy atom. The largest absolute Gasteiger partial charge is 0.463 e. The number of allylic oxidation sites excluding steroid dienone is 1. The van der Waals surface area contributed by atoms with Gasteiger partial charge >= 0.3 is 5.97 Å². The van der Waals surface area contributed by atoms with Crippen molar-refractivity contribution < 1.29 is 19.2 Å². The quantitative estimate of drug-likeness (QED) is 0.364. The summed E-state index contributed by atoms with van der Waals surface area (Å²) < 4.78 is 5.06. The van der Waals surface area contributed by atoms with E-state index in [0.717, 1.165) is 0 Å². The van der Waals surface area contributed by atoms with E-state index in [1.807, 2.05) is 0 Å². The lowest BCUT2D eigenvalue weighted by molar-refractivity contribution is -0.385. The number of alkyl halides is 1. The molecule has 0 fully saturated rings. The first kappa shape index (κ1) is 17.1. The standard InChI is InChI=1S/C15H15BrN2O5/c1-2-23-15(20)14-10(7-13(19)17-11(14)8-16)9-5-3-4-6-12(9)18(21)22/h3-6,10H,2,7-8H2,1H3,(H,17,19). The summed E-state index contributed by atoms with van der Waals surface area (Å²) in [7, 11) is 0. The fraction of sp³-hybridized carbons (Fsp3) is 0.333. The van der Waals surface area contributed by atoms with E-state index in [0.29, 0.717) is 11.3 Å². The maximum absolute atomic E-state index is 12.3. The Morgan fingerprint density at radius 3 is 2.78 bits per heavy atom. The Morgan fingerprint density at radius 2 is 2.17 bits per heavy atom. The fourth-order valence-electron chi connectivity index (χ4n) is 2.58. The van der Waals surface area contributed by atoms with E-state index in [4.69, 9.17) is 4.74 Å². The number of esters is 1. The normalized spacial score (nSPS) is 17.7. The summed E-state index contributed by atoms with van der Waals surface area (Å²) in [5.41, 5.74) is 0.831. The van der Waals surface area contributed by atoms with Crippen LogP contribution in [0.4, 0.5) is 5.69 Å². The van der Waals surface area contributed by atoms with Crippen molar-refractivity contribution in [2.45, 2.75) is 19.3 Å². The lowest BCUT2D eigenvalue weighted by Crippen LogP contribution is -2.36. The molecule has 0 spiro atoms. The molecule has 1 unspecified atom stereocenters. The molecule has 1 N–H and O–H groups in total. The van der Waals surface area contributed by atoms with E-state index in [-0.39, 0.29) is 35.5 Å². The Hall–Kier alpha value is -2.22. The van der Waals surface area contributed by atoms with Crippen molar-refractivity contribution in [3.63, 3.8) is 0 Å². The number of rotatable bonds is 5. The number of hydrogen-bond donors (Lipinski definition) is 1. The topological polar surface area (TPSA) is 98.5 Å². The summed E-state index contributed by atoms with van der Waals surface area (Å²) >= 11 is 3.23. The summed E-state index contributed by atoms with van der Waals surface area (Å²) in [6, 6.07) is 6.11. The van der Waals surface area contributed by atoms with E-state index in [2.05, 4.69) is 21.2 Å². The van der Waals surface area contributed by atoms with Gasteiger partial charge in [0.2, 0.25) is 5.91 Å². The van der Waals surface area contributed by atoms with Crippen LogP contribution in [0.15, 0.2) is 35.5 Å². The highest BCUT2D eigenvalue weighted by molar-refractivity contribution is 9.09. The molecular weight excluding hydrogens is 368 g/mol. The third-order valence-corrected chi connectivity index (χ3v) is 4.05. The van der Waals surface area contributed by atoms with Crippen LogP contribution in [0.25, 0.3) is 0 Å². The molecule has 7 nitrogen and oxygen atoms in total. The lowest BCUT2D eigenvalue weighted by Gasteiger charge is -2.27. The molecule has 122 valence electrons. The maximum Gasteiger partial charge on any atom is 0.336 e. The second kappa shape index (κ2) is 7.36. The van der Waals surface area contributed by atoms with Gasteiger partial charge in [-0.1, -0.05) is 34.1 Å². The SMILES string of the molecule is CCOC(=O)C1=C(CBr)NC(=O)CC1c1ccccc1[N+](=O)[O-]. The average Bonchev–Trinajstić information content (AvgIpc) is 2.54. The molecule has 8 heteroatoms. The average molecular weight is 383 g/mol. The molecule has 0 saturated carbocycles. The van der Waals surface area contributed by atoms with E-state index >= 15 is 0 Å². The van der Waals surface area contributed by atoms with Gasteiger partial charge in [-0.3, -0.25) is 14.9 Å². The smallest absolute Gasteiger partial charge is 0.336 e. The number of para-hydroxylation sites is 1. The van der Waals surface area contributed by atoms with Crippen LogP contribution >= 0.6 is 15.9 Å². The predicted molar refractivity (Wildman–Crippen MR) is 86.1 cm³/mol. The molecular formula is C15H15BrN2O5. The number of nitrogens with zero attached hydrogens (tertiary/aromatic N) is 1. The van der Waals surface area contributed by atoms with Gasteiger partial charge < -0.3 is 10.1 Å². The zero-order chi connectivity index (χ0) is 17.0. The van der Waals surface area contributed by atoms with Crippen LogP contribution in [-0.2, 0) is 14.3 Å². The molecule has 0 radical (unpaired) electrons. The summed E-state index contributed by atoms with van der Waals surface area (Å²) in [5.74, 6) is -1.59. The highest BCUT2D eigenvalue weighted by atomic mass is 79.9. The predicted octanol–water partition coefficient (Wildman–Crippen LogP) is 2.41. The van der Waals surface area contributed by atoms with E-state index in [9.17, 15) is 19.7 Å². The zero-order valence-electron chi connectivity index (χ0n) is 12.4. The maximum atomic E-state index is 12.3. The number of benzene rings is 1. The fourth-order valence-corrected chi connectivity index (χ4v) is 3.02. The molecule has 1 atom stereocenters. The van der Waals surface area contributed by atoms with Crippen molar-refractivity contribution in [3.8, 4) is 0 Å². The molecule has 1 amide bonds. The first-order valence-corrected chi connectivity index (χ1v) is 8.11. The number of hydrogen-bond acceptors (Lipinski definition) is 5. The number of nitro groups is 1. The van der Waals surface area contributed by atoms with Gasteiger partial charge in [-0.25, -0.2) is 4.79 Å². The van der Waals surface area contributed by atoms with Crippen molar-refractivity contribution in [1.29, 1.82) is 0 Å². The van der Waals surface area contributed by atoms with Gasteiger partial charge in [0.05, 0.1) is 17.1 Å². The second-order valence-electron chi connectivity index (χ2n) is 4.87. The van der Waals surface area contributed by atoms with Crippen LogP contribution in [0.3, 0.4) is 0 Å². The van der Waals surface area contributed by atoms with E-state index < -0.39 is 16.8 Å². The Bertz CT molecular complexity index is 686. The Balaban J connectivity index is 2.60. The van der Waals surface area contributed by atoms with E-state index in [1.54, 1.807) is 25.1 Å². The van der Waals surface area contributed by atoms with Crippen LogP contribution in [0.2, 0.25) is 0 Å². The highest BCUT2D eigenvalue weighted by Gasteiger charge is 2.36. The number of nitro benzene ring substituents is 1. The van der Waals surface area contributed by atoms with Crippen molar-refractivity contribution in [3.05, 3.63) is 51.2 Å². The number of amides is 1. The zero-order valence-corrected chi connectivity index (χ0v) is 14.0. The van der Waals surface area contributed by atoms with Crippen LogP contribution in [0.5, 0.6) is 0 Å². The molecule has 2 rings (SSSR count). The second-order valence-corrected chi connectivity index (χ2v) is 5.43. The van der Waals surface area contributed by atoms with Gasteiger partial charge in [-0.05, 0) is 6.92 Å². The van der Waals surface area contributed by atoms with Gasteiger partial charge in [-0.15, -0.1) is 0 Å². The van der Waals surface area contributed by atoms with Crippen LogP contribution in [0, 0.1) is 10.1 Å². The summed E-state index contributed by atoms with van der Waals surface area (Å²) in [5, 5.41) is 14.1. The van der Waals surface area contributed by atoms with Crippen molar-refractivity contribution in [2.75, 3.05) is 11.9 Å². The molecule has 0 bridgehead atoms. The number of carbonyl (C=O) groups is 2. The molecule has 0 aromatic heterocycles. The molecule has 1 heterocycles. The van der Waals surface area contributed by atoms with Gasteiger partial charge in [0.1, 0.15) is 0 Å². The van der Waals surface area contributed by atoms with Crippen molar-refractivity contribution in [2.24, 2.45) is 0 Å². The molecule has 23 heavy (non-hydrogen) atoms. The number of halogens is 1. The number of ether oxygens (including phenoxy) is 1. The minimum absolute atomic E-state index is 0.0461. The Labute approximate surface area is 141 Å². The van der Waals surface area contributed by atoms with Gasteiger partial charge in [0.15, 0.2) is 0 Å². The number of carbonyl (C=O) groups excluding carboxylic acids is 2. The van der Waals surface area contributed by atoms with E-state index in [1.165, 1.54) is 6.07 Å². The lowest BCUT2D eigenvalue weighted by atomic mass is 9.83. The van der Waals surface area contributed by atoms with Gasteiger partial charge in [0, 0.05) is 35.0 Å². The van der Waals surface area contributed by atoms with Crippen LogP contribution < -0.4 is 5.32 Å². The monoisotopic (exact) mass is 382 g/mol. The van der Waals surface area contributed by atoms with Crippen molar-refractivity contribution in [1.82, 2.24) is 5.32 Å². The molecule has 0 saturated heterocycles. The molecule has 1 aliphatic heterocycles. The third-order valence-electron chi connectivity index (χ3n) is 3.49. The summed E-state index contributed by atoms with van der Waals surface area (Å²) in [4.78, 5) is 35.0. The molecule has 1 aliphatic rings. The first-order valence-electron chi connectivity index (χ1n) is 6.98. The van der Waals surface area contributed by atoms with Gasteiger partial charge in [-0.2, -0.15) is 0 Å². The minimum Gasteiger partial charge on any atom is -0.463 e. The molecule has 1 aromatic carbocycles. The third kappa shape index (κ3) is 3.58.